The third-order valence-corrected chi connectivity index (χ3v) is 8.39. The van der Waals surface area contributed by atoms with Gasteiger partial charge in [-0.05, 0) is 89.3 Å². The first kappa shape index (κ1) is 30.8. The summed E-state index contributed by atoms with van der Waals surface area (Å²) in [4.78, 5) is 9.97. The summed E-state index contributed by atoms with van der Waals surface area (Å²) in [6.45, 7) is 13.9. The summed E-state index contributed by atoms with van der Waals surface area (Å²) in [7, 11) is -0.330. The molecular formula is C27H34BBr2N3O4. The maximum Gasteiger partial charge on any atom is 0.495 e. The van der Waals surface area contributed by atoms with Gasteiger partial charge in [-0.2, -0.15) is 0 Å². The third-order valence-electron chi connectivity index (χ3n) is 6.67. The van der Waals surface area contributed by atoms with E-state index in [-0.39, 0.29) is 28.9 Å². The molecule has 3 aromatic carbocycles. The lowest BCUT2D eigenvalue weighted by Crippen LogP contribution is -2.41. The molecule has 0 bridgehead atoms. The molecule has 1 aliphatic rings. The SMILES string of the molecule is Cc1c(Br)cccc1[N+](=O)[O-].Cc1c(N)cccc1B1OC(C)(C)C(C)(C)O1.Cc1c(N)cccc1Br. The van der Waals surface area contributed by atoms with E-state index in [0.717, 1.165) is 36.9 Å². The Hall–Kier alpha value is -2.40. The van der Waals surface area contributed by atoms with Crippen molar-refractivity contribution in [3.63, 3.8) is 0 Å². The molecule has 0 amide bonds. The smallest absolute Gasteiger partial charge is 0.399 e. The van der Waals surface area contributed by atoms with Gasteiger partial charge in [0.2, 0.25) is 0 Å². The van der Waals surface area contributed by atoms with E-state index in [2.05, 4.69) is 59.6 Å². The first-order valence-electron chi connectivity index (χ1n) is 11.7. The number of hydrogen-bond donors (Lipinski definition) is 2. The number of nitrogens with two attached hydrogens (primary N) is 2. The van der Waals surface area contributed by atoms with Crippen LogP contribution in [0.5, 0.6) is 0 Å². The predicted octanol–water partition coefficient (Wildman–Crippen LogP) is 6.88. The lowest BCUT2D eigenvalue weighted by atomic mass is 9.76. The molecule has 0 aromatic heterocycles. The Balaban J connectivity index is 0.000000208. The molecule has 0 aliphatic carbocycles. The van der Waals surface area contributed by atoms with E-state index in [0.29, 0.717) is 5.56 Å². The molecule has 1 fully saturated rings. The molecule has 1 aliphatic heterocycles. The van der Waals surface area contributed by atoms with Crippen LogP contribution in [0.15, 0.2) is 63.5 Å². The average molecular weight is 635 g/mol. The largest absolute Gasteiger partial charge is 0.495 e. The Bertz CT molecular complexity index is 1230. The summed E-state index contributed by atoms with van der Waals surface area (Å²) in [6.07, 6.45) is 0. The van der Waals surface area contributed by atoms with Crippen molar-refractivity contribution in [1.29, 1.82) is 0 Å². The zero-order valence-corrected chi connectivity index (χ0v) is 25.4. The molecule has 198 valence electrons. The zero-order chi connectivity index (χ0) is 28.1. The van der Waals surface area contributed by atoms with Gasteiger partial charge >= 0.3 is 7.12 Å². The molecule has 3 aromatic rings. The summed E-state index contributed by atoms with van der Waals surface area (Å²) < 4.78 is 13.9. The van der Waals surface area contributed by atoms with Crippen molar-refractivity contribution < 1.29 is 14.2 Å². The van der Waals surface area contributed by atoms with Gasteiger partial charge in [0.25, 0.3) is 5.69 Å². The van der Waals surface area contributed by atoms with Crippen LogP contribution in [-0.2, 0) is 9.31 Å². The molecule has 4 rings (SSSR count). The molecule has 10 heteroatoms. The van der Waals surface area contributed by atoms with Crippen LogP contribution in [0.1, 0.15) is 44.4 Å². The van der Waals surface area contributed by atoms with E-state index >= 15 is 0 Å². The highest BCUT2D eigenvalue weighted by Gasteiger charge is 2.52. The summed E-state index contributed by atoms with van der Waals surface area (Å²) in [5, 5.41) is 10.4. The van der Waals surface area contributed by atoms with Gasteiger partial charge in [-0.25, -0.2) is 0 Å². The summed E-state index contributed by atoms with van der Waals surface area (Å²) >= 11 is 6.58. The molecule has 0 radical (unpaired) electrons. The zero-order valence-electron chi connectivity index (χ0n) is 22.3. The number of hydrogen-bond acceptors (Lipinski definition) is 6. The van der Waals surface area contributed by atoms with Crippen LogP contribution in [0.3, 0.4) is 0 Å². The van der Waals surface area contributed by atoms with Crippen molar-refractivity contribution >= 4 is 61.5 Å². The quantitative estimate of drug-likeness (QED) is 0.137. The van der Waals surface area contributed by atoms with Gasteiger partial charge in [-0.1, -0.05) is 56.1 Å². The maximum absolute atomic E-state index is 10.4. The summed E-state index contributed by atoms with van der Waals surface area (Å²) in [5.41, 5.74) is 16.5. The molecule has 1 saturated heterocycles. The molecule has 0 atom stereocenters. The number of nitrogen functional groups attached to an aromatic ring is 2. The van der Waals surface area contributed by atoms with Crippen LogP contribution < -0.4 is 16.9 Å². The van der Waals surface area contributed by atoms with E-state index in [1.54, 1.807) is 19.1 Å². The first-order chi connectivity index (χ1) is 17.1. The highest BCUT2D eigenvalue weighted by atomic mass is 79.9. The Kier molecular flexibility index (Phi) is 10.4. The molecule has 7 nitrogen and oxygen atoms in total. The minimum Gasteiger partial charge on any atom is -0.399 e. The number of benzene rings is 3. The fraction of sp³-hybridized carbons (Fsp3) is 0.333. The molecule has 0 saturated carbocycles. The second kappa shape index (κ2) is 12.4. The van der Waals surface area contributed by atoms with Crippen LogP contribution >= 0.6 is 31.9 Å². The second-order valence-electron chi connectivity index (χ2n) is 9.74. The van der Waals surface area contributed by atoms with Gasteiger partial charge < -0.3 is 20.8 Å². The highest BCUT2D eigenvalue weighted by Crippen LogP contribution is 2.36. The Morgan fingerprint density at radius 2 is 1.19 bits per heavy atom. The monoisotopic (exact) mass is 633 g/mol. The van der Waals surface area contributed by atoms with E-state index < -0.39 is 0 Å². The van der Waals surface area contributed by atoms with Crippen molar-refractivity contribution in [2.45, 2.75) is 59.7 Å². The first-order valence-corrected chi connectivity index (χ1v) is 13.3. The fourth-order valence-electron chi connectivity index (χ4n) is 3.32. The average Bonchev–Trinajstić information content (AvgIpc) is 3.03. The normalized spacial score (nSPS) is 15.2. The van der Waals surface area contributed by atoms with Crippen LogP contribution in [-0.4, -0.2) is 23.2 Å². The second-order valence-corrected chi connectivity index (χ2v) is 11.5. The van der Waals surface area contributed by atoms with E-state index in [4.69, 9.17) is 20.8 Å². The van der Waals surface area contributed by atoms with Crippen molar-refractivity contribution in [3.8, 4) is 0 Å². The fourth-order valence-corrected chi connectivity index (χ4v) is 4.05. The Morgan fingerprint density at radius 3 is 1.62 bits per heavy atom. The molecule has 0 unspecified atom stereocenters. The van der Waals surface area contributed by atoms with Gasteiger partial charge in [0.1, 0.15) is 0 Å². The lowest BCUT2D eigenvalue weighted by molar-refractivity contribution is -0.385. The number of nitro benzene ring substituents is 1. The number of nitrogens with zero attached hydrogens (tertiary/aromatic N) is 1. The number of rotatable bonds is 2. The van der Waals surface area contributed by atoms with Gasteiger partial charge in [-0.3, -0.25) is 10.1 Å². The highest BCUT2D eigenvalue weighted by molar-refractivity contribution is 9.10. The molecule has 37 heavy (non-hydrogen) atoms. The molecule has 4 N–H and O–H groups in total. The van der Waals surface area contributed by atoms with Crippen molar-refractivity contribution in [2.24, 2.45) is 0 Å². The maximum atomic E-state index is 10.4. The molecular weight excluding hydrogens is 601 g/mol. The van der Waals surface area contributed by atoms with Crippen molar-refractivity contribution in [1.82, 2.24) is 0 Å². The Morgan fingerprint density at radius 1 is 0.757 bits per heavy atom. The predicted molar refractivity (Wildman–Crippen MR) is 160 cm³/mol. The van der Waals surface area contributed by atoms with Crippen LogP contribution in [0, 0.1) is 30.9 Å². The van der Waals surface area contributed by atoms with Gasteiger partial charge in [-0.15, -0.1) is 0 Å². The molecule has 0 spiro atoms. The van der Waals surface area contributed by atoms with Crippen LogP contribution in [0.25, 0.3) is 0 Å². The van der Waals surface area contributed by atoms with Crippen molar-refractivity contribution in [2.75, 3.05) is 11.5 Å². The minimum absolute atomic E-state index is 0.152. The van der Waals surface area contributed by atoms with Gasteiger partial charge in [0.15, 0.2) is 0 Å². The molecule has 1 heterocycles. The topological polar surface area (TPSA) is 114 Å². The van der Waals surface area contributed by atoms with E-state index in [9.17, 15) is 10.1 Å². The van der Waals surface area contributed by atoms with Crippen LogP contribution in [0.4, 0.5) is 17.1 Å². The van der Waals surface area contributed by atoms with Gasteiger partial charge in [0, 0.05) is 32.0 Å². The van der Waals surface area contributed by atoms with Crippen molar-refractivity contribution in [3.05, 3.63) is 90.3 Å². The third kappa shape index (κ3) is 7.57. The number of halogens is 2. The van der Waals surface area contributed by atoms with E-state index in [1.165, 1.54) is 6.07 Å². The standard InChI is InChI=1S/C13H20BNO2.C7H6BrNO2.C7H8BrN/c1-9-10(7-6-8-11(9)15)14-16-12(2,3)13(4,5)17-14;1-5-6(8)3-2-4-7(5)9(10)11;1-5-6(8)3-2-4-7(5)9/h6-8H,15H2,1-5H3;2-4H,1H3;2-4H,9H2,1H3. The van der Waals surface area contributed by atoms with Crippen LogP contribution in [0.2, 0.25) is 0 Å². The number of nitro groups is 1. The van der Waals surface area contributed by atoms with E-state index in [1.807, 2.05) is 50.2 Å². The number of anilines is 2. The minimum atomic E-state index is -0.389. The Labute approximate surface area is 236 Å². The summed E-state index contributed by atoms with van der Waals surface area (Å²) in [5.74, 6) is 0. The lowest BCUT2D eigenvalue weighted by Gasteiger charge is -2.32. The van der Waals surface area contributed by atoms with Gasteiger partial charge in [0.05, 0.1) is 16.1 Å². The summed E-state index contributed by atoms with van der Waals surface area (Å²) in [6, 6.07) is 16.5.